The van der Waals surface area contributed by atoms with Crippen molar-refractivity contribution in [3.8, 4) is 0 Å². The van der Waals surface area contributed by atoms with Gasteiger partial charge in [-0.05, 0) is 32.2 Å². The van der Waals surface area contributed by atoms with Crippen molar-refractivity contribution in [3.05, 3.63) is 0 Å². The number of unbranched alkanes of at least 4 members (excludes halogenated alkanes) is 1. The van der Waals surface area contributed by atoms with Crippen molar-refractivity contribution >= 4 is 11.6 Å². The molecule has 3 heteroatoms. The monoisotopic (exact) mass is 233 g/mol. The van der Waals surface area contributed by atoms with E-state index in [2.05, 4.69) is 5.32 Å². The molecule has 1 rings (SSSR count). The van der Waals surface area contributed by atoms with Gasteiger partial charge in [0.2, 0.25) is 0 Å². The number of rotatable bonds is 6. The molecule has 1 aliphatic carbocycles. The molecule has 1 fully saturated rings. The average Bonchev–Trinajstić information content (AvgIpc) is 2.44. The summed E-state index contributed by atoms with van der Waals surface area (Å²) in [6.07, 6.45) is 8.74. The van der Waals surface area contributed by atoms with Crippen molar-refractivity contribution in [2.24, 2.45) is 0 Å². The van der Waals surface area contributed by atoms with E-state index < -0.39 is 0 Å². The molecule has 0 heterocycles. The third kappa shape index (κ3) is 5.74. The fraction of sp³-hybridized carbons (Fsp3) is 1.00. The second-order valence-electron chi connectivity index (χ2n) is 4.41. The van der Waals surface area contributed by atoms with Crippen molar-refractivity contribution in [1.82, 2.24) is 5.32 Å². The Morgan fingerprint density at radius 1 is 1.20 bits per heavy atom. The van der Waals surface area contributed by atoms with Crippen molar-refractivity contribution < 1.29 is 4.74 Å². The van der Waals surface area contributed by atoms with E-state index in [4.69, 9.17) is 16.3 Å². The maximum absolute atomic E-state index is 6.34. The van der Waals surface area contributed by atoms with E-state index in [9.17, 15) is 0 Å². The summed E-state index contributed by atoms with van der Waals surface area (Å²) in [6, 6.07) is 0.539. The van der Waals surface area contributed by atoms with E-state index in [0.717, 1.165) is 19.6 Å². The summed E-state index contributed by atoms with van der Waals surface area (Å²) in [5.74, 6) is 0. The molecule has 2 atom stereocenters. The Hall–Kier alpha value is 0.210. The van der Waals surface area contributed by atoms with Crippen LogP contribution in [0.2, 0.25) is 0 Å². The number of halogens is 1. The third-order valence-corrected chi connectivity index (χ3v) is 3.64. The van der Waals surface area contributed by atoms with Gasteiger partial charge in [0.05, 0.1) is 0 Å². The fourth-order valence-corrected chi connectivity index (χ4v) is 2.52. The summed E-state index contributed by atoms with van der Waals surface area (Å²) in [4.78, 5) is 0. The van der Waals surface area contributed by atoms with E-state index >= 15 is 0 Å². The normalized spacial score (nSPS) is 27.6. The average molecular weight is 234 g/mol. The van der Waals surface area contributed by atoms with Gasteiger partial charge in [0, 0.05) is 25.1 Å². The zero-order valence-electron chi connectivity index (χ0n) is 9.80. The van der Waals surface area contributed by atoms with Gasteiger partial charge < -0.3 is 10.1 Å². The summed E-state index contributed by atoms with van der Waals surface area (Å²) in [5, 5.41) is 3.93. The van der Waals surface area contributed by atoms with Crippen LogP contribution >= 0.6 is 11.6 Å². The largest absolute Gasteiger partial charge is 0.385 e. The molecule has 0 bridgehead atoms. The van der Waals surface area contributed by atoms with Crippen LogP contribution in [0.1, 0.15) is 44.9 Å². The van der Waals surface area contributed by atoms with Crippen LogP contribution in [-0.2, 0) is 4.74 Å². The molecule has 0 radical (unpaired) electrons. The lowest BCUT2D eigenvalue weighted by atomic mass is 10.1. The molecule has 0 aromatic rings. The Morgan fingerprint density at radius 2 is 2.00 bits per heavy atom. The minimum atomic E-state index is 0.343. The SMILES string of the molecule is COCCCCNC1CCCCCC1Cl. The van der Waals surface area contributed by atoms with Gasteiger partial charge in [-0.25, -0.2) is 0 Å². The molecule has 0 aliphatic heterocycles. The van der Waals surface area contributed by atoms with Gasteiger partial charge in [-0.3, -0.25) is 0 Å². The van der Waals surface area contributed by atoms with E-state index in [-0.39, 0.29) is 0 Å². The number of hydrogen-bond acceptors (Lipinski definition) is 2. The predicted octanol–water partition coefficient (Wildman–Crippen LogP) is 2.94. The number of methoxy groups -OCH3 is 1. The standard InChI is InChI=1S/C12H24ClNO/c1-15-10-6-5-9-14-12-8-4-2-3-7-11(12)13/h11-12,14H,2-10H2,1H3. The lowest BCUT2D eigenvalue weighted by molar-refractivity contribution is 0.192. The van der Waals surface area contributed by atoms with E-state index in [1.807, 2.05) is 0 Å². The molecule has 0 spiro atoms. The molecule has 0 saturated heterocycles. The topological polar surface area (TPSA) is 21.3 Å². The van der Waals surface area contributed by atoms with Crippen molar-refractivity contribution in [3.63, 3.8) is 0 Å². The fourth-order valence-electron chi connectivity index (χ4n) is 2.15. The van der Waals surface area contributed by atoms with Crippen molar-refractivity contribution in [2.45, 2.75) is 56.4 Å². The quantitative estimate of drug-likeness (QED) is 0.433. The summed E-state index contributed by atoms with van der Waals surface area (Å²) in [5.41, 5.74) is 0. The number of alkyl halides is 1. The van der Waals surface area contributed by atoms with Gasteiger partial charge in [-0.2, -0.15) is 0 Å². The summed E-state index contributed by atoms with van der Waals surface area (Å²) in [6.45, 7) is 1.95. The molecular formula is C12H24ClNO. The molecule has 0 aromatic carbocycles. The maximum atomic E-state index is 6.34. The Kier molecular flexibility index (Phi) is 7.41. The molecule has 1 N–H and O–H groups in total. The minimum absolute atomic E-state index is 0.343. The highest BCUT2D eigenvalue weighted by atomic mass is 35.5. The van der Waals surface area contributed by atoms with Crippen LogP contribution in [0.5, 0.6) is 0 Å². The molecule has 0 aromatic heterocycles. The first-order valence-corrected chi connectivity index (χ1v) is 6.64. The summed E-state index contributed by atoms with van der Waals surface area (Å²) < 4.78 is 5.02. The Balaban J connectivity index is 2.07. The second-order valence-corrected chi connectivity index (χ2v) is 4.98. The molecule has 1 saturated carbocycles. The third-order valence-electron chi connectivity index (χ3n) is 3.11. The Labute approximate surface area is 98.7 Å². The first kappa shape index (κ1) is 13.3. The lowest BCUT2D eigenvalue weighted by Crippen LogP contribution is -2.36. The van der Waals surface area contributed by atoms with Crippen LogP contribution < -0.4 is 5.32 Å². The van der Waals surface area contributed by atoms with Crippen LogP contribution in [0, 0.1) is 0 Å². The first-order chi connectivity index (χ1) is 7.34. The number of hydrogen-bond donors (Lipinski definition) is 1. The zero-order valence-corrected chi connectivity index (χ0v) is 10.6. The molecular weight excluding hydrogens is 210 g/mol. The Morgan fingerprint density at radius 3 is 2.80 bits per heavy atom. The molecule has 2 nitrogen and oxygen atoms in total. The number of ether oxygens (including phenoxy) is 1. The van der Waals surface area contributed by atoms with Crippen molar-refractivity contribution in [2.75, 3.05) is 20.3 Å². The van der Waals surface area contributed by atoms with E-state index in [1.165, 1.54) is 38.5 Å². The van der Waals surface area contributed by atoms with Crippen LogP contribution in [-0.4, -0.2) is 31.7 Å². The minimum Gasteiger partial charge on any atom is -0.385 e. The van der Waals surface area contributed by atoms with E-state index in [1.54, 1.807) is 7.11 Å². The number of nitrogens with one attached hydrogen (secondary N) is 1. The highest BCUT2D eigenvalue weighted by molar-refractivity contribution is 6.21. The van der Waals surface area contributed by atoms with Gasteiger partial charge in [-0.15, -0.1) is 11.6 Å². The van der Waals surface area contributed by atoms with Gasteiger partial charge in [0.25, 0.3) is 0 Å². The van der Waals surface area contributed by atoms with Crippen LogP contribution in [0.3, 0.4) is 0 Å². The van der Waals surface area contributed by atoms with Crippen molar-refractivity contribution in [1.29, 1.82) is 0 Å². The Bertz CT molecular complexity index is 155. The molecule has 15 heavy (non-hydrogen) atoms. The maximum Gasteiger partial charge on any atom is 0.0489 e. The summed E-state index contributed by atoms with van der Waals surface area (Å²) in [7, 11) is 1.76. The van der Waals surface area contributed by atoms with Crippen LogP contribution in [0.4, 0.5) is 0 Å². The lowest BCUT2D eigenvalue weighted by Gasteiger charge is -2.21. The predicted molar refractivity (Wildman–Crippen MR) is 65.6 cm³/mol. The highest BCUT2D eigenvalue weighted by Crippen LogP contribution is 2.22. The van der Waals surface area contributed by atoms with Gasteiger partial charge >= 0.3 is 0 Å². The molecule has 1 aliphatic rings. The summed E-state index contributed by atoms with van der Waals surface area (Å²) >= 11 is 6.34. The van der Waals surface area contributed by atoms with Gasteiger partial charge in [0.1, 0.15) is 0 Å². The molecule has 0 amide bonds. The highest BCUT2D eigenvalue weighted by Gasteiger charge is 2.20. The first-order valence-electron chi connectivity index (χ1n) is 6.21. The van der Waals surface area contributed by atoms with Gasteiger partial charge in [0.15, 0.2) is 0 Å². The van der Waals surface area contributed by atoms with Gasteiger partial charge in [-0.1, -0.05) is 19.3 Å². The van der Waals surface area contributed by atoms with E-state index in [0.29, 0.717) is 11.4 Å². The van der Waals surface area contributed by atoms with Crippen LogP contribution in [0.25, 0.3) is 0 Å². The smallest absolute Gasteiger partial charge is 0.0489 e. The molecule has 2 unspecified atom stereocenters. The zero-order chi connectivity index (χ0) is 10.9. The second kappa shape index (κ2) is 8.37. The molecule has 90 valence electrons. The van der Waals surface area contributed by atoms with Crippen LogP contribution in [0.15, 0.2) is 0 Å².